The van der Waals surface area contributed by atoms with Gasteiger partial charge in [0.15, 0.2) is 0 Å². The molecule has 2 aromatic carbocycles. The predicted molar refractivity (Wildman–Crippen MR) is 107 cm³/mol. The number of rotatable bonds is 4. The van der Waals surface area contributed by atoms with E-state index in [-0.39, 0.29) is 18.5 Å². The Hall–Kier alpha value is -2.64. The Bertz CT molecular complexity index is 1100. The van der Waals surface area contributed by atoms with Crippen LogP contribution in [0.5, 0.6) is 0 Å². The van der Waals surface area contributed by atoms with Crippen LogP contribution >= 0.6 is 0 Å². The van der Waals surface area contributed by atoms with Crippen LogP contribution in [0.25, 0.3) is 11.0 Å². The Balaban J connectivity index is 1.58. The van der Waals surface area contributed by atoms with Gasteiger partial charge in [-0.25, -0.2) is 8.42 Å². The highest BCUT2D eigenvalue weighted by Gasteiger charge is 2.37. The highest BCUT2D eigenvalue weighted by atomic mass is 32.2. The van der Waals surface area contributed by atoms with E-state index in [4.69, 9.17) is 4.42 Å². The number of carbonyl (C=O) groups excluding carboxylic acids is 1. The van der Waals surface area contributed by atoms with Gasteiger partial charge in [0.25, 0.3) is 0 Å². The summed E-state index contributed by atoms with van der Waals surface area (Å²) in [6.07, 6.45) is 1.49. The first kappa shape index (κ1) is 18.7. The molecule has 0 saturated heterocycles. The Morgan fingerprint density at radius 3 is 2.54 bits per heavy atom. The average Bonchev–Trinajstić information content (AvgIpc) is 3.10. The summed E-state index contributed by atoms with van der Waals surface area (Å²) in [6.45, 7) is 2.03. The molecule has 1 aliphatic heterocycles. The number of sulfonamides is 1. The van der Waals surface area contributed by atoms with Crippen molar-refractivity contribution in [1.29, 1.82) is 0 Å². The molecular formula is C21H22N2O4S. The van der Waals surface area contributed by atoms with Crippen molar-refractivity contribution < 1.29 is 17.6 Å². The van der Waals surface area contributed by atoms with Crippen LogP contribution in [-0.4, -0.2) is 30.9 Å². The van der Waals surface area contributed by atoms with Crippen molar-refractivity contribution in [2.24, 2.45) is 0 Å². The summed E-state index contributed by atoms with van der Waals surface area (Å²) >= 11 is 0. The van der Waals surface area contributed by atoms with E-state index in [0.717, 1.165) is 28.4 Å². The van der Waals surface area contributed by atoms with Crippen molar-refractivity contribution in [1.82, 2.24) is 9.62 Å². The van der Waals surface area contributed by atoms with E-state index < -0.39 is 16.1 Å². The van der Waals surface area contributed by atoms with Gasteiger partial charge in [-0.3, -0.25) is 4.79 Å². The van der Waals surface area contributed by atoms with Crippen molar-refractivity contribution in [2.75, 3.05) is 6.26 Å². The summed E-state index contributed by atoms with van der Waals surface area (Å²) < 4.78 is 31.7. The molecule has 0 spiro atoms. The molecule has 146 valence electrons. The van der Waals surface area contributed by atoms with Gasteiger partial charge in [0.1, 0.15) is 17.4 Å². The third-order valence-corrected chi connectivity index (χ3v) is 6.40. The maximum atomic E-state index is 13.0. The molecule has 3 aromatic rings. The highest BCUT2D eigenvalue weighted by molar-refractivity contribution is 7.88. The third-order valence-electron chi connectivity index (χ3n) is 5.16. The van der Waals surface area contributed by atoms with Gasteiger partial charge in [0.2, 0.25) is 15.9 Å². The Labute approximate surface area is 164 Å². The molecule has 1 aliphatic rings. The van der Waals surface area contributed by atoms with Crippen LogP contribution in [0.2, 0.25) is 0 Å². The van der Waals surface area contributed by atoms with E-state index in [1.165, 1.54) is 4.31 Å². The van der Waals surface area contributed by atoms with E-state index in [9.17, 15) is 13.2 Å². The van der Waals surface area contributed by atoms with Gasteiger partial charge in [-0.1, -0.05) is 42.5 Å². The number of furan rings is 1. The molecular weight excluding hydrogens is 376 g/mol. The fourth-order valence-corrected chi connectivity index (χ4v) is 4.67. The molecule has 6 nitrogen and oxygen atoms in total. The molecule has 0 radical (unpaired) electrons. The van der Waals surface area contributed by atoms with Gasteiger partial charge in [-0.2, -0.15) is 4.31 Å². The first-order valence-corrected chi connectivity index (χ1v) is 11.0. The first-order valence-electron chi connectivity index (χ1n) is 9.15. The minimum Gasteiger partial charge on any atom is -0.459 e. The van der Waals surface area contributed by atoms with Crippen molar-refractivity contribution in [3.8, 4) is 0 Å². The molecule has 0 unspecified atom stereocenters. The number of carbonyl (C=O) groups is 1. The number of para-hydroxylation sites is 1. The summed E-state index contributed by atoms with van der Waals surface area (Å²) in [7, 11) is -3.53. The van der Waals surface area contributed by atoms with E-state index in [2.05, 4.69) is 5.32 Å². The normalized spacial score (nSPS) is 18.6. The van der Waals surface area contributed by atoms with E-state index in [0.29, 0.717) is 12.2 Å². The number of benzene rings is 2. The third kappa shape index (κ3) is 3.55. The highest BCUT2D eigenvalue weighted by Crippen LogP contribution is 2.27. The molecule has 1 aromatic heterocycles. The van der Waals surface area contributed by atoms with E-state index in [1.807, 2.05) is 61.5 Å². The summed E-state index contributed by atoms with van der Waals surface area (Å²) in [6, 6.07) is 16.0. The van der Waals surface area contributed by atoms with E-state index >= 15 is 0 Å². The van der Waals surface area contributed by atoms with Crippen LogP contribution in [0, 0.1) is 0 Å². The Morgan fingerprint density at radius 2 is 1.82 bits per heavy atom. The van der Waals surface area contributed by atoms with Gasteiger partial charge in [0, 0.05) is 11.9 Å². The predicted octanol–water partition coefficient (Wildman–Crippen LogP) is 3.00. The SMILES string of the molecule is C[C@H](NC(=O)[C@H]1Cc2ccccc2CN1S(C)(=O)=O)c1cc2ccccc2o1. The topological polar surface area (TPSA) is 79.6 Å². The van der Waals surface area contributed by atoms with Gasteiger partial charge in [0.05, 0.1) is 12.3 Å². The lowest BCUT2D eigenvalue weighted by molar-refractivity contribution is -0.126. The molecule has 0 saturated carbocycles. The summed E-state index contributed by atoms with van der Waals surface area (Å²) in [5.74, 6) is 0.310. The van der Waals surface area contributed by atoms with Gasteiger partial charge >= 0.3 is 0 Å². The molecule has 1 N–H and O–H groups in total. The lowest BCUT2D eigenvalue weighted by Crippen LogP contribution is -2.52. The summed E-state index contributed by atoms with van der Waals surface area (Å²) in [5, 5.41) is 3.88. The number of hydrogen-bond donors (Lipinski definition) is 1. The Morgan fingerprint density at radius 1 is 1.14 bits per heavy atom. The maximum absolute atomic E-state index is 13.0. The quantitative estimate of drug-likeness (QED) is 0.733. The average molecular weight is 398 g/mol. The lowest BCUT2D eigenvalue weighted by Gasteiger charge is -2.34. The molecule has 4 rings (SSSR count). The zero-order valence-electron chi connectivity index (χ0n) is 15.8. The monoisotopic (exact) mass is 398 g/mol. The summed E-state index contributed by atoms with van der Waals surface area (Å²) in [5.41, 5.74) is 2.68. The fourth-order valence-electron chi connectivity index (χ4n) is 3.67. The van der Waals surface area contributed by atoms with Crippen LogP contribution in [0.3, 0.4) is 0 Å². The van der Waals surface area contributed by atoms with Crippen LogP contribution in [0.15, 0.2) is 59.0 Å². The molecule has 0 bridgehead atoms. The second kappa shape index (κ2) is 7.07. The van der Waals surface area contributed by atoms with Gasteiger partial charge < -0.3 is 9.73 Å². The Kier molecular flexibility index (Phi) is 4.72. The van der Waals surface area contributed by atoms with Crippen LogP contribution < -0.4 is 5.32 Å². The zero-order valence-corrected chi connectivity index (χ0v) is 16.6. The number of nitrogens with one attached hydrogen (secondary N) is 1. The molecule has 2 heterocycles. The minimum atomic E-state index is -3.53. The maximum Gasteiger partial charge on any atom is 0.239 e. The molecule has 2 atom stereocenters. The molecule has 1 amide bonds. The summed E-state index contributed by atoms with van der Waals surface area (Å²) in [4.78, 5) is 13.0. The van der Waals surface area contributed by atoms with Crippen molar-refractivity contribution >= 4 is 26.9 Å². The molecule has 0 aliphatic carbocycles. The standard InChI is InChI=1S/C21H22N2O4S/c1-14(20-12-16-8-5-6-10-19(16)27-20)22-21(24)18-11-15-7-3-4-9-17(15)13-23(18)28(2,25)26/h3-10,12,14,18H,11,13H2,1-2H3,(H,22,24)/t14-,18+/m0/s1. The smallest absolute Gasteiger partial charge is 0.239 e. The fraction of sp³-hybridized carbons (Fsp3) is 0.286. The molecule has 28 heavy (non-hydrogen) atoms. The van der Waals surface area contributed by atoms with Crippen LogP contribution in [0.1, 0.15) is 29.9 Å². The number of amides is 1. The number of fused-ring (bicyclic) bond motifs is 2. The minimum absolute atomic E-state index is 0.201. The van der Waals surface area contributed by atoms with Crippen molar-refractivity contribution in [2.45, 2.75) is 32.0 Å². The molecule has 0 fully saturated rings. The van der Waals surface area contributed by atoms with Crippen molar-refractivity contribution in [3.05, 3.63) is 71.5 Å². The first-order chi connectivity index (χ1) is 13.3. The second-order valence-corrected chi connectivity index (χ2v) is 9.15. The largest absolute Gasteiger partial charge is 0.459 e. The lowest BCUT2D eigenvalue weighted by atomic mass is 9.95. The number of nitrogens with zero attached hydrogens (tertiary/aromatic N) is 1. The molecule has 7 heteroatoms. The number of hydrogen-bond acceptors (Lipinski definition) is 4. The van der Waals surface area contributed by atoms with E-state index in [1.54, 1.807) is 0 Å². The van der Waals surface area contributed by atoms with Crippen molar-refractivity contribution in [3.63, 3.8) is 0 Å². The van der Waals surface area contributed by atoms with Crippen LogP contribution in [0.4, 0.5) is 0 Å². The van der Waals surface area contributed by atoms with Gasteiger partial charge in [-0.15, -0.1) is 0 Å². The second-order valence-electron chi connectivity index (χ2n) is 7.21. The van der Waals surface area contributed by atoms with Crippen LogP contribution in [-0.2, 0) is 27.8 Å². The van der Waals surface area contributed by atoms with Gasteiger partial charge in [-0.05, 0) is 36.6 Å². The zero-order chi connectivity index (χ0) is 19.9.